The van der Waals surface area contributed by atoms with Crippen LogP contribution in [0.5, 0.6) is 0 Å². The summed E-state index contributed by atoms with van der Waals surface area (Å²) in [6.07, 6.45) is 4.17. The molecule has 1 amide bonds. The number of hydrogen-bond acceptors (Lipinski definition) is 3. The van der Waals surface area contributed by atoms with E-state index in [2.05, 4.69) is 25.9 Å². The third-order valence-electron chi connectivity index (χ3n) is 3.56. The first-order valence-corrected chi connectivity index (χ1v) is 7.40. The van der Waals surface area contributed by atoms with Crippen molar-refractivity contribution in [2.24, 2.45) is 0 Å². The highest BCUT2D eigenvalue weighted by Gasteiger charge is 2.28. The molecule has 6 nitrogen and oxygen atoms in total. The van der Waals surface area contributed by atoms with E-state index in [4.69, 9.17) is 16.7 Å². The number of hydrogen-bond donors (Lipinski definition) is 1. The molecular formula is C12H12BrClN4O2. The minimum absolute atomic E-state index is 0.0668. The number of likely N-dealkylation sites (tertiary alicyclic amines) is 1. The minimum Gasteiger partial charge on any atom is -0.465 e. The van der Waals surface area contributed by atoms with Gasteiger partial charge in [-0.15, -0.1) is 0 Å². The van der Waals surface area contributed by atoms with Gasteiger partial charge in [0.15, 0.2) is 5.15 Å². The number of amides is 1. The van der Waals surface area contributed by atoms with Gasteiger partial charge >= 0.3 is 6.09 Å². The van der Waals surface area contributed by atoms with Gasteiger partial charge in [-0.2, -0.15) is 0 Å². The summed E-state index contributed by atoms with van der Waals surface area (Å²) in [4.78, 5) is 21.0. The van der Waals surface area contributed by atoms with Gasteiger partial charge in [-0.1, -0.05) is 11.6 Å². The van der Waals surface area contributed by atoms with Crippen LogP contribution >= 0.6 is 27.5 Å². The largest absolute Gasteiger partial charge is 0.465 e. The van der Waals surface area contributed by atoms with Gasteiger partial charge in [0.25, 0.3) is 0 Å². The predicted molar refractivity (Wildman–Crippen MR) is 77.3 cm³/mol. The van der Waals surface area contributed by atoms with Gasteiger partial charge in [0.05, 0.1) is 12.4 Å². The standard InChI is InChI=1S/C12H12BrClN4O2/c13-9-5-15-10(14)8-4-16-11(18(8)9)7-2-1-3-17(6-7)12(19)20/h4-5,7H,1-3,6H2,(H,19,20). The first-order chi connectivity index (χ1) is 9.58. The number of carbonyl (C=O) groups is 1. The van der Waals surface area contributed by atoms with Crippen molar-refractivity contribution in [2.45, 2.75) is 18.8 Å². The molecule has 1 fully saturated rings. The molecule has 0 saturated carbocycles. The molecule has 3 heterocycles. The Hall–Kier alpha value is -1.34. The quantitative estimate of drug-likeness (QED) is 0.849. The van der Waals surface area contributed by atoms with Crippen molar-refractivity contribution in [3.8, 4) is 0 Å². The Bertz CT molecular complexity index is 675. The number of nitrogens with zero attached hydrogens (tertiary/aromatic N) is 4. The van der Waals surface area contributed by atoms with E-state index in [1.165, 1.54) is 4.90 Å². The summed E-state index contributed by atoms with van der Waals surface area (Å²) >= 11 is 9.51. The third-order valence-corrected chi connectivity index (χ3v) is 4.41. The van der Waals surface area contributed by atoms with Crippen molar-refractivity contribution in [1.82, 2.24) is 19.3 Å². The number of carboxylic acid groups (broad SMARTS) is 1. The maximum absolute atomic E-state index is 11.1. The lowest BCUT2D eigenvalue weighted by atomic mass is 9.97. The molecule has 3 rings (SSSR count). The summed E-state index contributed by atoms with van der Waals surface area (Å²) in [5, 5.41) is 9.51. The maximum atomic E-state index is 11.1. The highest BCUT2D eigenvalue weighted by Crippen LogP contribution is 2.30. The Morgan fingerprint density at radius 1 is 1.45 bits per heavy atom. The van der Waals surface area contributed by atoms with Crippen molar-refractivity contribution in [1.29, 1.82) is 0 Å². The molecule has 1 aliphatic rings. The second-order valence-corrected chi connectivity index (χ2v) is 5.95. The smallest absolute Gasteiger partial charge is 0.407 e. The van der Waals surface area contributed by atoms with E-state index in [1.54, 1.807) is 12.4 Å². The average Bonchev–Trinajstić information content (AvgIpc) is 2.89. The minimum atomic E-state index is -0.880. The fourth-order valence-corrected chi connectivity index (χ4v) is 3.28. The van der Waals surface area contributed by atoms with Crippen LogP contribution in [0.4, 0.5) is 4.79 Å². The van der Waals surface area contributed by atoms with Crippen molar-refractivity contribution in [2.75, 3.05) is 13.1 Å². The fraction of sp³-hybridized carbons (Fsp3) is 0.417. The summed E-state index contributed by atoms with van der Waals surface area (Å²) in [6, 6.07) is 0. The molecule has 1 aliphatic heterocycles. The van der Waals surface area contributed by atoms with Crippen molar-refractivity contribution in [3.63, 3.8) is 0 Å². The van der Waals surface area contributed by atoms with Gasteiger partial charge in [-0.3, -0.25) is 4.40 Å². The predicted octanol–water partition coefficient (Wildman–Crippen LogP) is 3.00. The topological polar surface area (TPSA) is 70.7 Å². The first kappa shape index (κ1) is 13.6. The van der Waals surface area contributed by atoms with Gasteiger partial charge in [0.2, 0.25) is 0 Å². The van der Waals surface area contributed by atoms with Crippen molar-refractivity contribution >= 4 is 39.1 Å². The van der Waals surface area contributed by atoms with Crippen LogP contribution in [0.15, 0.2) is 17.0 Å². The molecule has 106 valence electrons. The summed E-state index contributed by atoms with van der Waals surface area (Å²) < 4.78 is 2.66. The summed E-state index contributed by atoms with van der Waals surface area (Å²) in [5.74, 6) is 0.888. The first-order valence-electron chi connectivity index (χ1n) is 6.23. The number of fused-ring (bicyclic) bond motifs is 1. The summed E-state index contributed by atoms with van der Waals surface area (Å²) in [7, 11) is 0. The summed E-state index contributed by atoms with van der Waals surface area (Å²) in [6.45, 7) is 1.04. The molecule has 0 aromatic carbocycles. The molecule has 2 aromatic heterocycles. The molecule has 1 unspecified atom stereocenters. The molecule has 1 atom stereocenters. The second-order valence-electron chi connectivity index (χ2n) is 4.78. The Balaban J connectivity index is 2.02. The van der Waals surface area contributed by atoms with Gasteiger partial charge in [0, 0.05) is 19.0 Å². The Morgan fingerprint density at radius 2 is 2.25 bits per heavy atom. The van der Waals surface area contributed by atoms with Crippen LogP contribution in [0, 0.1) is 0 Å². The zero-order valence-electron chi connectivity index (χ0n) is 10.5. The highest BCUT2D eigenvalue weighted by atomic mass is 79.9. The van der Waals surface area contributed by atoms with Gasteiger partial charge < -0.3 is 10.0 Å². The molecule has 8 heteroatoms. The molecule has 0 radical (unpaired) electrons. The number of rotatable bonds is 1. The van der Waals surface area contributed by atoms with Crippen LogP contribution < -0.4 is 0 Å². The maximum Gasteiger partial charge on any atom is 0.407 e. The monoisotopic (exact) mass is 358 g/mol. The SMILES string of the molecule is O=C(O)N1CCCC(c2ncc3c(Cl)ncc(Br)n23)C1. The molecule has 20 heavy (non-hydrogen) atoms. The number of imidazole rings is 1. The van der Waals surface area contributed by atoms with E-state index in [0.29, 0.717) is 18.2 Å². The van der Waals surface area contributed by atoms with E-state index in [9.17, 15) is 4.79 Å². The number of aromatic nitrogens is 3. The van der Waals surface area contributed by atoms with Gasteiger partial charge in [0.1, 0.15) is 15.9 Å². The molecular weight excluding hydrogens is 348 g/mol. The van der Waals surface area contributed by atoms with Crippen molar-refractivity contribution < 1.29 is 9.90 Å². The van der Waals surface area contributed by atoms with Crippen LogP contribution in [0.3, 0.4) is 0 Å². The lowest BCUT2D eigenvalue weighted by Crippen LogP contribution is -2.38. The van der Waals surface area contributed by atoms with E-state index in [1.807, 2.05) is 4.40 Å². The van der Waals surface area contributed by atoms with Crippen LogP contribution in [-0.4, -0.2) is 43.6 Å². The molecule has 0 spiro atoms. The van der Waals surface area contributed by atoms with Crippen molar-refractivity contribution in [3.05, 3.63) is 28.0 Å². The molecule has 1 saturated heterocycles. The summed E-state index contributed by atoms with van der Waals surface area (Å²) in [5.41, 5.74) is 0.725. The zero-order chi connectivity index (χ0) is 14.3. The fourth-order valence-electron chi connectivity index (χ4n) is 2.62. The van der Waals surface area contributed by atoms with Crippen LogP contribution in [0.1, 0.15) is 24.6 Å². The normalized spacial score (nSPS) is 19.5. The van der Waals surface area contributed by atoms with Gasteiger partial charge in [-0.05, 0) is 28.8 Å². The van der Waals surface area contributed by atoms with Gasteiger partial charge in [-0.25, -0.2) is 14.8 Å². The van der Waals surface area contributed by atoms with E-state index in [0.717, 1.165) is 28.8 Å². The van der Waals surface area contributed by atoms with E-state index < -0.39 is 6.09 Å². The molecule has 2 aromatic rings. The van der Waals surface area contributed by atoms with Crippen LogP contribution in [0.25, 0.3) is 5.52 Å². The zero-order valence-corrected chi connectivity index (χ0v) is 12.8. The van der Waals surface area contributed by atoms with E-state index in [-0.39, 0.29) is 5.92 Å². The molecule has 0 aliphatic carbocycles. The Morgan fingerprint density at radius 3 is 3.00 bits per heavy atom. The molecule has 1 N–H and O–H groups in total. The third kappa shape index (κ3) is 2.25. The van der Waals surface area contributed by atoms with Crippen LogP contribution in [0.2, 0.25) is 5.15 Å². The number of piperidine rings is 1. The number of halogens is 2. The van der Waals surface area contributed by atoms with E-state index >= 15 is 0 Å². The average molecular weight is 360 g/mol. The second kappa shape index (κ2) is 5.21. The Kier molecular flexibility index (Phi) is 3.55. The highest BCUT2D eigenvalue weighted by molar-refractivity contribution is 9.10. The molecule has 0 bridgehead atoms. The van der Waals surface area contributed by atoms with Crippen LogP contribution in [-0.2, 0) is 0 Å². The lowest BCUT2D eigenvalue weighted by molar-refractivity contribution is 0.129. The Labute approximate surface area is 128 Å². The lowest BCUT2D eigenvalue weighted by Gasteiger charge is -2.30.